The molecule has 3 atom stereocenters. The molecule has 0 saturated carbocycles. The maximum absolute atomic E-state index is 14.9. The summed E-state index contributed by atoms with van der Waals surface area (Å²) in [5.41, 5.74) is 1.09. The Kier molecular flexibility index (Phi) is 5.43. The molecule has 1 aromatic carbocycles. The third kappa shape index (κ3) is 4.18. The molecule has 178 valence electrons. The van der Waals surface area contributed by atoms with Crippen LogP contribution in [0.2, 0.25) is 0 Å². The molecule has 2 aromatic heterocycles. The standard InChI is InChI=1S/C26H30FN5O2/c1-25-8-4-9-26(2,31-25)15-17(14-25)32(3)23-6-5-21(29-30-23)19-12-20(27)18(13-22(19)33)16-7-10-28-24(34)11-16/h5-7,10-13,17,31,33H,4,8-9,14-15H2,1-3H3,(H,28,34)/t17-,25-,26+. The van der Waals surface area contributed by atoms with Crippen LogP contribution in [-0.4, -0.2) is 44.5 Å². The van der Waals surface area contributed by atoms with E-state index >= 15 is 0 Å². The number of halogens is 1. The molecule has 8 heteroatoms. The van der Waals surface area contributed by atoms with Gasteiger partial charge in [0, 0.05) is 47.6 Å². The molecule has 2 saturated heterocycles. The van der Waals surface area contributed by atoms with E-state index in [1.54, 1.807) is 12.1 Å². The zero-order valence-corrected chi connectivity index (χ0v) is 19.7. The van der Waals surface area contributed by atoms with Gasteiger partial charge in [-0.15, -0.1) is 10.2 Å². The smallest absolute Gasteiger partial charge is 0.248 e. The second-order valence-electron chi connectivity index (χ2n) is 10.3. The van der Waals surface area contributed by atoms with Gasteiger partial charge in [0.1, 0.15) is 11.6 Å². The van der Waals surface area contributed by atoms with Gasteiger partial charge < -0.3 is 20.3 Å². The summed E-state index contributed by atoms with van der Waals surface area (Å²) in [5.74, 6) is 0.0734. The van der Waals surface area contributed by atoms with Gasteiger partial charge in [0.05, 0.1) is 5.69 Å². The Hall–Kier alpha value is -3.26. The van der Waals surface area contributed by atoms with Crippen molar-refractivity contribution in [1.82, 2.24) is 20.5 Å². The van der Waals surface area contributed by atoms with Crippen molar-refractivity contribution in [3.8, 4) is 28.1 Å². The second-order valence-corrected chi connectivity index (χ2v) is 10.3. The molecule has 0 aliphatic carbocycles. The van der Waals surface area contributed by atoms with Gasteiger partial charge in [-0.1, -0.05) is 0 Å². The summed E-state index contributed by atoms with van der Waals surface area (Å²) in [6.07, 6.45) is 7.13. The van der Waals surface area contributed by atoms with Crippen LogP contribution < -0.4 is 15.8 Å². The number of pyridine rings is 1. The number of aromatic hydroxyl groups is 1. The average molecular weight is 464 g/mol. The van der Waals surface area contributed by atoms with Crippen LogP contribution >= 0.6 is 0 Å². The van der Waals surface area contributed by atoms with Crippen molar-refractivity contribution in [2.75, 3.05) is 11.9 Å². The van der Waals surface area contributed by atoms with Crippen molar-refractivity contribution in [2.45, 2.75) is 63.1 Å². The molecule has 2 bridgehead atoms. The number of rotatable bonds is 4. The van der Waals surface area contributed by atoms with Gasteiger partial charge in [0.15, 0.2) is 5.82 Å². The fourth-order valence-electron chi connectivity index (χ4n) is 5.86. The van der Waals surface area contributed by atoms with Gasteiger partial charge in [0.2, 0.25) is 5.56 Å². The Morgan fingerprint density at radius 3 is 2.44 bits per heavy atom. The number of phenols is 1. The number of anilines is 1. The minimum Gasteiger partial charge on any atom is -0.507 e. The van der Waals surface area contributed by atoms with E-state index in [0.29, 0.717) is 17.3 Å². The Labute approximate surface area is 198 Å². The highest BCUT2D eigenvalue weighted by atomic mass is 19.1. The number of nitrogens with one attached hydrogen (secondary N) is 2. The number of H-pyrrole nitrogens is 1. The molecule has 2 aliphatic heterocycles. The number of hydrogen-bond acceptors (Lipinski definition) is 6. The van der Waals surface area contributed by atoms with E-state index < -0.39 is 5.82 Å². The summed E-state index contributed by atoms with van der Waals surface area (Å²) in [5, 5.41) is 23.2. The first-order chi connectivity index (χ1) is 16.1. The van der Waals surface area contributed by atoms with Crippen molar-refractivity contribution in [2.24, 2.45) is 0 Å². The largest absolute Gasteiger partial charge is 0.507 e. The Balaban J connectivity index is 1.39. The molecule has 0 unspecified atom stereocenters. The summed E-state index contributed by atoms with van der Waals surface area (Å²) in [6, 6.07) is 9.39. The van der Waals surface area contributed by atoms with Gasteiger partial charge in [-0.3, -0.25) is 4.79 Å². The maximum atomic E-state index is 14.9. The summed E-state index contributed by atoms with van der Waals surface area (Å²) in [4.78, 5) is 16.3. The monoisotopic (exact) mass is 463 g/mol. The zero-order chi connectivity index (χ0) is 24.1. The molecule has 0 spiro atoms. The summed E-state index contributed by atoms with van der Waals surface area (Å²) in [6.45, 7) is 4.62. The van der Waals surface area contributed by atoms with Crippen molar-refractivity contribution < 1.29 is 9.50 Å². The minimum atomic E-state index is -0.552. The molecule has 2 fully saturated rings. The van der Waals surface area contributed by atoms with Crippen LogP contribution in [0, 0.1) is 5.82 Å². The SMILES string of the molecule is CN(c1ccc(-c2cc(F)c(-c3cc[nH]c(=O)c3)cc2O)nn1)[C@H]1C[C@]2(C)CCC[C@](C)(C1)N2. The number of aromatic amines is 1. The quantitative estimate of drug-likeness (QED) is 0.536. The summed E-state index contributed by atoms with van der Waals surface area (Å²) >= 11 is 0. The van der Waals surface area contributed by atoms with E-state index in [4.69, 9.17) is 0 Å². The van der Waals surface area contributed by atoms with Crippen LogP contribution in [0.1, 0.15) is 46.0 Å². The number of piperidine rings is 2. The van der Waals surface area contributed by atoms with E-state index in [2.05, 4.69) is 46.3 Å². The normalized spacial score (nSPS) is 26.3. The van der Waals surface area contributed by atoms with Crippen molar-refractivity contribution in [1.29, 1.82) is 0 Å². The van der Waals surface area contributed by atoms with E-state index in [-0.39, 0.29) is 33.5 Å². The molecule has 34 heavy (non-hydrogen) atoms. The van der Waals surface area contributed by atoms with Gasteiger partial charge >= 0.3 is 0 Å². The van der Waals surface area contributed by atoms with E-state index in [1.165, 1.54) is 43.7 Å². The topological polar surface area (TPSA) is 94.1 Å². The number of nitrogens with zero attached hydrogens (tertiary/aromatic N) is 3. The van der Waals surface area contributed by atoms with Crippen LogP contribution in [0.15, 0.2) is 47.4 Å². The average Bonchev–Trinajstić information content (AvgIpc) is 2.78. The third-order valence-electron chi connectivity index (χ3n) is 7.44. The molecule has 7 nitrogen and oxygen atoms in total. The molecule has 5 rings (SSSR count). The van der Waals surface area contributed by atoms with Gasteiger partial charge in [0.25, 0.3) is 0 Å². The first kappa shape index (κ1) is 22.5. The lowest BCUT2D eigenvalue weighted by Crippen LogP contribution is -2.66. The molecule has 0 amide bonds. The van der Waals surface area contributed by atoms with Crippen molar-refractivity contribution in [3.05, 3.63) is 58.8 Å². The molecule has 0 radical (unpaired) electrons. The second kappa shape index (κ2) is 8.20. The van der Waals surface area contributed by atoms with Crippen LogP contribution in [0.5, 0.6) is 5.75 Å². The number of fused-ring (bicyclic) bond motifs is 2. The number of phenolic OH excluding ortho intramolecular Hbond substituents is 1. The van der Waals surface area contributed by atoms with Crippen LogP contribution in [0.4, 0.5) is 10.2 Å². The van der Waals surface area contributed by atoms with Crippen LogP contribution in [-0.2, 0) is 0 Å². The van der Waals surface area contributed by atoms with Gasteiger partial charge in [-0.05, 0) is 81.8 Å². The molecule has 3 aromatic rings. The summed E-state index contributed by atoms with van der Waals surface area (Å²) < 4.78 is 14.9. The lowest BCUT2D eigenvalue weighted by molar-refractivity contribution is 0.0784. The van der Waals surface area contributed by atoms with E-state index in [1.807, 2.05) is 6.07 Å². The predicted octanol–water partition coefficient (Wildman–Crippen LogP) is 4.23. The molecular formula is C26H30FN5O2. The Bertz CT molecular complexity index is 1260. The number of benzene rings is 1. The fraction of sp³-hybridized carbons (Fsp3) is 0.423. The number of aromatic nitrogens is 3. The highest BCUT2D eigenvalue weighted by Gasteiger charge is 2.46. The molecule has 4 heterocycles. The van der Waals surface area contributed by atoms with E-state index in [9.17, 15) is 14.3 Å². The molecule has 3 N–H and O–H groups in total. The molecular weight excluding hydrogens is 433 g/mol. The minimum absolute atomic E-state index is 0.126. The Morgan fingerprint density at radius 1 is 1.06 bits per heavy atom. The van der Waals surface area contributed by atoms with Crippen molar-refractivity contribution >= 4 is 5.82 Å². The maximum Gasteiger partial charge on any atom is 0.248 e. The predicted molar refractivity (Wildman–Crippen MR) is 130 cm³/mol. The van der Waals surface area contributed by atoms with E-state index in [0.717, 1.165) is 18.7 Å². The van der Waals surface area contributed by atoms with Crippen LogP contribution in [0.25, 0.3) is 22.4 Å². The lowest BCUT2D eigenvalue weighted by Gasteiger charge is -2.55. The third-order valence-corrected chi connectivity index (χ3v) is 7.44. The first-order valence-corrected chi connectivity index (χ1v) is 11.7. The number of hydrogen-bond donors (Lipinski definition) is 3. The van der Waals surface area contributed by atoms with Crippen molar-refractivity contribution in [3.63, 3.8) is 0 Å². The highest BCUT2D eigenvalue weighted by molar-refractivity contribution is 5.74. The first-order valence-electron chi connectivity index (χ1n) is 11.7. The fourth-order valence-corrected chi connectivity index (χ4v) is 5.86. The van der Waals surface area contributed by atoms with Gasteiger partial charge in [-0.2, -0.15) is 0 Å². The lowest BCUT2D eigenvalue weighted by atomic mass is 9.69. The summed E-state index contributed by atoms with van der Waals surface area (Å²) in [7, 11) is 2.05. The zero-order valence-electron chi connectivity index (χ0n) is 19.7. The van der Waals surface area contributed by atoms with Gasteiger partial charge in [-0.25, -0.2) is 4.39 Å². The highest BCUT2D eigenvalue weighted by Crippen LogP contribution is 2.42. The van der Waals surface area contributed by atoms with Crippen LogP contribution in [0.3, 0.4) is 0 Å². The Morgan fingerprint density at radius 2 is 1.79 bits per heavy atom. The molecule has 2 aliphatic rings.